The highest BCUT2D eigenvalue weighted by Gasteiger charge is 2.29. The molecule has 5 heteroatoms. The van der Waals surface area contributed by atoms with Gasteiger partial charge in [-0.2, -0.15) is 0 Å². The molecule has 0 aliphatic carbocycles. The van der Waals surface area contributed by atoms with Gasteiger partial charge in [0.1, 0.15) is 0 Å². The van der Waals surface area contributed by atoms with E-state index in [4.69, 9.17) is 5.11 Å². The molecule has 1 aromatic carbocycles. The predicted molar refractivity (Wildman–Crippen MR) is 81.3 cm³/mol. The lowest BCUT2D eigenvalue weighted by molar-refractivity contribution is -0.138. The maximum atomic E-state index is 12.5. The summed E-state index contributed by atoms with van der Waals surface area (Å²) in [5.41, 5.74) is 0.952. The smallest absolute Gasteiger partial charge is 0.305 e. The van der Waals surface area contributed by atoms with Crippen LogP contribution in [0.25, 0.3) is 10.9 Å². The van der Waals surface area contributed by atoms with Crippen LogP contribution in [0.1, 0.15) is 37.6 Å². The molecular weight excluding hydrogens is 268 g/mol. The first kappa shape index (κ1) is 15.1. The largest absolute Gasteiger partial charge is 0.481 e. The van der Waals surface area contributed by atoms with Gasteiger partial charge in [0.05, 0.1) is 17.5 Å². The summed E-state index contributed by atoms with van der Waals surface area (Å²) in [5.74, 6) is -1.18. The zero-order valence-corrected chi connectivity index (χ0v) is 12.4. The fourth-order valence-electron chi connectivity index (χ4n) is 2.26. The van der Waals surface area contributed by atoms with E-state index in [0.717, 1.165) is 10.9 Å². The molecule has 112 valence electrons. The molecule has 0 bridgehead atoms. The van der Waals surface area contributed by atoms with Crippen molar-refractivity contribution in [2.75, 3.05) is 0 Å². The summed E-state index contributed by atoms with van der Waals surface area (Å²) in [4.78, 5) is 26.5. The molecule has 1 unspecified atom stereocenters. The van der Waals surface area contributed by atoms with E-state index in [2.05, 4.69) is 10.3 Å². The van der Waals surface area contributed by atoms with Crippen LogP contribution in [-0.2, 0) is 4.79 Å². The van der Waals surface area contributed by atoms with Crippen molar-refractivity contribution in [3.8, 4) is 0 Å². The Kier molecular flexibility index (Phi) is 4.02. The lowest BCUT2D eigenvalue weighted by Crippen LogP contribution is -2.45. The van der Waals surface area contributed by atoms with Gasteiger partial charge in [-0.05, 0) is 17.5 Å². The highest BCUT2D eigenvalue weighted by Crippen LogP contribution is 2.23. The minimum absolute atomic E-state index is 0.101. The molecule has 0 radical (unpaired) electrons. The number of aromatic amines is 1. The Morgan fingerprint density at radius 3 is 2.62 bits per heavy atom. The SMILES string of the molecule is CC(C)(C)C(CC(=O)O)NC(=O)c1cccc2cc[nH]c12. The number of para-hydroxylation sites is 1. The van der Waals surface area contributed by atoms with Crippen LogP contribution in [0.15, 0.2) is 30.5 Å². The number of aromatic nitrogens is 1. The first-order chi connectivity index (χ1) is 9.79. The van der Waals surface area contributed by atoms with Crippen molar-refractivity contribution in [3.05, 3.63) is 36.0 Å². The molecule has 3 N–H and O–H groups in total. The first-order valence-electron chi connectivity index (χ1n) is 6.88. The van der Waals surface area contributed by atoms with Crippen LogP contribution < -0.4 is 5.32 Å². The number of hydrogen-bond acceptors (Lipinski definition) is 2. The van der Waals surface area contributed by atoms with Crippen LogP contribution in [0.3, 0.4) is 0 Å². The molecule has 0 aliphatic heterocycles. The normalized spacial score (nSPS) is 13.1. The Morgan fingerprint density at radius 1 is 1.29 bits per heavy atom. The van der Waals surface area contributed by atoms with E-state index in [1.165, 1.54) is 0 Å². The molecule has 0 saturated heterocycles. The van der Waals surface area contributed by atoms with Crippen molar-refractivity contribution < 1.29 is 14.7 Å². The Labute approximate surface area is 123 Å². The highest BCUT2D eigenvalue weighted by atomic mass is 16.4. The number of H-pyrrole nitrogens is 1. The van der Waals surface area contributed by atoms with Crippen LogP contribution in [0.5, 0.6) is 0 Å². The van der Waals surface area contributed by atoms with Gasteiger partial charge >= 0.3 is 5.97 Å². The lowest BCUT2D eigenvalue weighted by atomic mass is 9.84. The first-order valence-corrected chi connectivity index (χ1v) is 6.88. The Morgan fingerprint density at radius 2 is 2.00 bits per heavy atom. The second kappa shape index (κ2) is 5.60. The highest BCUT2D eigenvalue weighted by molar-refractivity contribution is 6.05. The van der Waals surface area contributed by atoms with Crippen molar-refractivity contribution in [1.82, 2.24) is 10.3 Å². The second-order valence-corrected chi connectivity index (χ2v) is 6.24. The van der Waals surface area contributed by atoms with E-state index in [9.17, 15) is 9.59 Å². The maximum Gasteiger partial charge on any atom is 0.305 e. The summed E-state index contributed by atoms with van der Waals surface area (Å²) < 4.78 is 0. The standard InChI is InChI=1S/C16H20N2O3/c1-16(2,3)12(9-13(19)20)18-15(21)11-6-4-5-10-7-8-17-14(10)11/h4-8,12,17H,9H2,1-3H3,(H,18,21)(H,19,20). The molecule has 1 aromatic heterocycles. The number of rotatable bonds is 4. The average Bonchev–Trinajstić information content (AvgIpc) is 2.84. The summed E-state index contributed by atoms with van der Waals surface area (Å²) >= 11 is 0. The molecule has 0 fully saturated rings. The van der Waals surface area contributed by atoms with Gasteiger partial charge < -0.3 is 15.4 Å². The lowest BCUT2D eigenvalue weighted by Gasteiger charge is -2.30. The van der Waals surface area contributed by atoms with Crippen molar-refractivity contribution in [2.45, 2.75) is 33.2 Å². The van der Waals surface area contributed by atoms with Crippen molar-refractivity contribution in [3.63, 3.8) is 0 Å². The van der Waals surface area contributed by atoms with Gasteiger partial charge in [-0.25, -0.2) is 0 Å². The molecule has 0 spiro atoms. The van der Waals surface area contributed by atoms with Crippen molar-refractivity contribution >= 4 is 22.8 Å². The van der Waals surface area contributed by atoms with Gasteiger partial charge in [0, 0.05) is 17.6 Å². The minimum Gasteiger partial charge on any atom is -0.481 e. The number of hydrogen-bond donors (Lipinski definition) is 3. The fourth-order valence-corrected chi connectivity index (χ4v) is 2.26. The molecular formula is C16H20N2O3. The molecule has 0 saturated carbocycles. The van der Waals surface area contributed by atoms with E-state index in [0.29, 0.717) is 5.56 Å². The van der Waals surface area contributed by atoms with E-state index < -0.39 is 12.0 Å². The maximum absolute atomic E-state index is 12.5. The Balaban J connectivity index is 2.26. The number of fused-ring (bicyclic) bond motifs is 1. The van der Waals surface area contributed by atoms with Crippen molar-refractivity contribution in [2.24, 2.45) is 5.41 Å². The molecule has 1 amide bonds. The van der Waals surface area contributed by atoms with Gasteiger partial charge in [0.2, 0.25) is 0 Å². The van der Waals surface area contributed by atoms with E-state index in [-0.39, 0.29) is 17.7 Å². The van der Waals surface area contributed by atoms with Gasteiger partial charge in [-0.1, -0.05) is 32.9 Å². The van der Waals surface area contributed by atoms with Gasteiger partial charge in [-0.15, -0.1) is 0 Å². The number of nitrogens with one attached hydrogen (secondary N) is 2. The predicted octanol–water partition coefficient (Wildman–Crippen LogP) is 2.79. The molecule has 1 atom stereocenters. The fraction of sp³-hybridized carbons (Fsp3) is 0.375. The number of benzene rings is 1. The monoisotopic (exact) mass is 288 g/mol. The summed E-state index contributed by atoms with van der Waals surface area (Å²) in [6, 6.07) is 6.92. The minimum atomic E-state index is -0.923. The van der Waals surface area contributed by atoms with Gasteiger partial charge in [-0.3, -0.25) is 9.59 Å². The number of carbonyl (C=O) groups is 2. The van der Waals surface area contributed by atoms with Gasteiger partial charge in [0.25, 0.3) is 5.91 Å². The van der Waals surface area contributed by atoms with E-state index in [1.807, 2.05) is 39.0 Å². The summed E-state index contributed by atoms with van der Waals surface area (Å²) in [6.07, 6.45) is 1.68. The third kappa shape index (κ3) is 3.42. The number of carbonyl (C=O) groups excluding carboxylic acids is 1. The summed E-state index contributed by atoms with van der Waals surface area (Å²) in [5, 5.41) is 12.8. The number of carboxylic acid groups (broad SMARTS) is 1. The van der Waals surface area contributed by atoms with Crippen LogP contribution in [-0.4, -0.2) is 28.0 Å². The topological polar surface area (TPSA) is 82.2 Å². The molecule has 2 aromatic rings. The molecule has 2 rings (SSSR count). The van der Waals surface area contributed by atoms with Crippen LogP contribution >= 0.6 is 0 Å². The zero-order chi connectivity index (χ0) is 15.6. The van der Waals surface area contributed by atoms with Gasteiger partial charge in [0.15, 0.2) is 0 Å². The molecule has 5 nitrogen and oxygen atoms in total. The Hall–Kier alpha value is -2.30. The van der Waals surface area contributed by atoms with Crippen LogP contribution in [0, 0.1) is 5.41 Å². The summed E-state index contributed by atoms with van der Waals surface area (Å²) in [7, 11) is 0. The second-order valence-electron chi connectivity index (χ2n) is 6.24. The third-order valence-electron chi connectivity index (χ3n) is 3.56. The number of aliphatic carboxylic acids is 1. The zero-order valence-electron chi connectivity index (χ0n) is 12.4. The van der Waals surface area contributed by atoms with Crippen molar-refractivity contribution in [1.29, 1.82) is 0 Å². The van der Waals surface area contributed by atoms with E-state index in [1.54, 1.807) is 12.3 Å². The van der Waals surface area contributed by atoms with Crippen LogP contribution in [0.2, 0.25) is 0 Å². The quantitative estimate of drug-likeness (QED) is 0.809. The molecule has 21 heavy (non-hydrogen) atoms. The number of carboxylic acids is 1. The van der Waals surface area contributed by atoms with E-state index >= 15 is 0 Å². The average molecular weight is 288 g/mol. The Bertz CT molecular complexity index is 667. The van der Waals surface area contributed by atoms with Crippen LogP contribution in [0.4, 0.5) is 0 Å². The molecule has 0 aliphatic rings. The summed E-state index contributed by atoms with van der Waals surface area (Å²) in [6.45, 7) is 5.74. The number of amides is 1. The molecule has 1 heterocycles. The third-order valence-corrected chi connectivity index (χ3v) is 3.56.